The molecule has 4 aromatic rings. The maximum atomic E-state index is 12.3. The lowest BCUT2D eigenvalue weighted by Crippen LogP contribution is -2.20. The van der Waals surface area contributed by atoms with Gasteiger partial charge in [-0.25, -0.2) is 4.98 Å². The van der Waals surface area contributed by atoms with Crippen LogP contribution in [-0.4, -0.2) is 29.6 Å². The number of fused-ring (bicyclic) bond motifs is 1. The third kappa shape index (κ3) is 5.62. The van der Waals surface area contributed by atoms with Crippen LogP contribution in [0, 0.1) is 25.2 Å². The molecule has 0 unspecified atom stereocenters. The molecule has 1 heterocycles. The molecule has 0 radical (unpaired) electrons. The Bertz CT molecular complexity index is 1470. The second-order valence-electron chi connectivity index (χ2n) is 8.01. The molecule has 3 aromatic carbocycles. The van der Waals surface area contributed by atoms with E-state index < -0.39 is 0 Å². The molecule has 7 nitrogen and oxygen atoms in total. The number of ether oxygens (including phenoxy) is 2. The number of carbonyl (C=O) groups excluding carboxylic acids is 1. The Morgan fingerprint density at radius 3 is 2.60 bits per heavy atom. The van der Waals surface area contributed by atoms with E-state index in [4.69, 9.17) is 21.1 Å². The van der Waals surface area contributed by atoms with E-state index in [2.05, 4.69) is 21.4 Å². The summed E-state index contributed by atoms with van der Waals surface area (Å²) >= 11 is 6.46. The van der Waals surface area contributed by atoms with Gasteiger partial charge in [0, 0.05) is 5.69 Å². The Morgan fingerprint density at radius 2 is 1.89 bits per heavy atom. The first-order chi connectivity index (χ1) is 16.9. The van der Waals surface area contributed by atoms with Crippen LogP contribution in [0.4, 0.5) is 5.69 Å². The number of carbonyl (C=O) groups is 1. The molecule has 0 atom stereocenters. The topological polar surface area (TPSA) is 100 Å². The zero-order chi connectivity index (χ0) is 24.9. The number of nitriles is 1. The van der Waals surface area contributed by atoms with Gasteiger partial charge in [-0.05, 0) is 67.4 Å². The molecule has 8 heteroatoms. The number of benzene rings is 3. The number of hydrogen-bond acceptors (Lipinski definition) is 5. The molecular weight excluding hydrogens is 464 g/mol. The van der Waals surface area contributed by atoms with Crippen LogP contribution in [0.2, 0.25) is 5.02 Å². The van der Waals surface area contributed by atoms with E-state index in [1.165, 1.54) is 7.11 Å². The molecule has 0 aliphatic carbocycles. The van der Waals surface area contributed by atoms with Crippen molar-refractivity contribution in [3.8, 4) is 17.6 Å². The molecule has 0 aliphatic heterocycles. The predicted octanol–water partition coefficient (Wildman–Crippen LogP) is 5.92. The average molecular weight is 487 g/mol. The molecule has 0 aliphatic rings. The van der Waals surface area contributed by atoms with Crippen LogP contribution < -0.4 is 14.8 Å². The molecule has 0 fully saturated rings. The van der Waals surface area contributed by atoms with Gasteiger partial charge in [0.25, 0.3) is 5.91 Å². The SMILES string of the molecule is COc1cc(C=C(C#N)c2nc3ccc(C)cc3[nH]2)cc(Cl)c1OCC(=O)Nc1ccc(C)cc1. The average Bonchev–Trinajstić information content (AvgIpc) is 3.26. The highest BCUT2D eigenvalue weighted by Gasteiger charge is 2.15. The summed E-state index contributed by atoms with van der Waals surface area (Å²) in [6.45, 7) is 3.71. The number of nitrogens with one attached hydrogen (secondary N) is 2. The number of H-pyrrole nitrogens is 1. The Balaban J connectivity index is 1.54. The first kappa shape index (κ1) is 23.9. The Hall–Kier alpha value is -4.28. The minimum atomic E-state index is -0.331. The zero-order valence-electron chi connectivity index (χ0n) is 19.5. The smallest absolute Gasteiger partial charge is 0.262 e. The van der Waals surface area contributed by atoms with E-state index in [1.807, 2.05) is 56.3 Å². The number of aromatic nitrogens is 2. The van der Waals surface area contributed by atoms with E-state index in [0.717, 1.165) is 22.2 Å². The van der Waals surface area contributed by atoms with Gasteiger partial charge in [-0.3, -0.25) is 4.79 Å². The van der Waals surface area contributed by atoms with E-state index in [-0.39, 0.29) is 23.3 Å². The lowest BCUT2D eigenvalue weighted by Gasteiger charge is -2.13. The van der Waals surface area contributed by atoms with E-state index in [1.54, 1.807) is 18.2 Å². The molecule has 1 aromatic heterocycles. The summed E-state index contributed by atoms with van der Waals surface area (Å²) in [6.07, 6.45) is 1.66. The highest BCUT2D eigenvalue weighted by molar-refractivity contribution is 6.32. The number of hydrogen-bond donors (Lipinski definition) is 2. The van der Waals surface area contributed by atoms with Gasteiger partial charge in [0.15, 0.2) is 18.1 Å². The summed E-state index contributed by atoms with van der Waals surface area (Å²) in [5, 5.41) is 12.8. The van der Waals surface area contributed by atoms with Crippen LogP contribution in [0.3, 0.4) is 0 Å². The molecular formula is C27H23ClN4O3. The van der Waals surface area contributed by atoms with Crippen LogP contribution in [0.15, 0.2) is 54.6 Å². The van der Waals surface area contributed by atoms with Crippen LogP contribution >= 0.6 is 11.6 Å². The highest BCUT2D eigenvalue weighted by atomic mass is 35.5. The number of rotatable bonds is 7. The number of amides is 1. The van der Waals surface area contributed by atoms with E-state index in [0.29, 0.717) is 28.4 Å². The van der Waals surface area contributed by atoms with Crippen molar-refractivity contribution in [2.24, 2.45) is 0 Å². The third-order valence-corrected chi connectivity index (χ3v) is 5.54. The first-order valence-electron chi connectivity index (χ1n) is 10.8. The number of aromatic amines is 1. The summed E-state index contributed by atoms with van der Waals surface area (Å²) < 4.78 is 11.1. The standard InChI is InChI=1S/C27H23ClN4O3/c1-16-4-7-20(8-5-16)30-25(33)15-35-26-21(28)12-18(13-24(26)34-3)11-19(14-29)27-31-22-9-6-17(2)10-23(22)32-27/h4-13H,15H2,1-3H3,(H,30,33)(H,31,32). The maximum absolute atomic E-state index is 12.3. The van der Waals surface area contributed by atoms with Crippen LogP contribution in [-0.2, 0) is 4.79 Å². The van der Waals surface area contributed by atoms with Crippen molar-refractivity contribution in [2.75, 3.05) is 19.0 Å². The largest absolute Gasteiger partial charge is 0.493 e. The van der Waals surface area contributed by atoms with E-state index >= 15 is 0 Å². The minimum absolute atomic E-state index is 0.239. The van der Waals surface area contributed by atoms with Crippen LogP contribution in [0.5, 0.6) is 11.5 Å². The first-order valence-corrected chi connectivity index (χ1v) is 11.2. The summed E-state index contributed by atoms with van der Waals surface area (Å²) in [7, 11) is 1.48. The zero-order valence-corrected chi connectivity index (χ0v) is 20.2. The molecule has 176 valence electrons. The van der Waals surface area contributed by atoms with Crippen molar-refractivity contribution in [1.82, 2.24) is 9.97 Å². The quantitative estimate of drug-likeness (QED) is 0.316. The lowest BCUT2D eigenvalue weighted by atomic mass is 10.1. The molecule has 2 N–H and O–H groups in total. The summed E-state index contributed by atoms with van der Waals surface area (Å²) in [5.74, 6) is 0.701. The second-order valence-corrected chi connectivity index (χ2v) is 8.42. The van der Waals surface area contributed by atoms with Gasteiger partial charge >= 0.3 is 0 Å². The molecule has 4 rings (SSSR count). The summed E-state index contributed by atoms with van der Waals surface area (Å²) in [5.41, 5.74) is 5.45. The van der Waals surface area contributed by atoms with Crippen molar-refractivity contribution in [1.29, 1.82) is 5.26 Å². The van der Waals surface area contributed by atoms with Gasteiger partial charge < -0.3 is 19.8 Å². The van der Waals surface area contributed by atoms with Crippen molar-refractivity contribution in [3.63, 3.8) is 0 Å². The van der Waals surface area contributed by atoms with Gasteiger partial charge in [-0.15, -0.1) is 0 Å². The van der Waals surface area contributed by atoms with Gasteiger partial charge in [-0.2, -0.15) is 5.26 Å². The third-order valence-electron chi connectivity index (χ3n) is 5.26. The van der Waals surface area contributed by atoms with Crippen LogP contribution in [0.1, 0.15) is 22.5 Å². The monoisotopic (exact) mass is 486 g/mol. The van der Waals surface area contributed by atoms with Crippen molar-refractivity contribution in [2.45, 2.75) is 13.8 Å². The Morgan fingerprint density at radius 1 is 1.14 bits per heavy atom. The van der Waals surface area contributed by atoms with Crippen molar-refractivity contribution in [3.05, 3.63) is 82.1 Å². The number of anilines is 1. The number of halogens is 1. The van der Waals surface area contributed by atoms with Gasteiger partial charge in [0.05, 0.1) is 28.7 Å². The minimum Gasteiger partial charge on any atom is -0.493 e. The molecule has 0 saturated heterocycles. The van der Waals surface area contributed by atoms with Crippen molar-refractivity contribution >= 4 is 45.9 Å². The number of allylic oxidation sites excluding steroid dienone is 1. The van der Waals surface area contributed by atoms with Gasteiger partial charge in [-0.1, -0.05) is 35.4 Å². The number of imidazole rings is 1. The maximum Gasteiger partial charge on any atom is 0.262 e. The fraction of sp³-hybridized carbons (Fsp3) is 0.148. The normalized spacial score (nSPS) is 11.2. The summed E-state index contributed by atoms with van der Waals surface area (Å²) in [4.78, 5) is 20.0. The van der Waals surface area contributed by atoms with Gasteiger partial charge in [0.1, 0.15) is 11.9 Å². The highest BCUT2D eigenvalue weighted by Crippen LogP contribution is 2.37. The molecule has 0 bridgehead atoms. The predicted molar refractivity (Wildman–Crippen MR) is 138 cm³/mol. The fourth-order valence-electron chi connectivity index (χ4n) is 3.51. The summed E-state index contributed by atoms with van der Waals surface area (Å²) in [6, 6.07) is 18.8. The molecule has 1 amide bonds. The Kier molecular flexibility index (Phi) is 7.04. The number of nitrogens with zero attached hydrogens (tertiary/aromatic N) is 2. The Labute approximate surface area is 208 Å². The number of methoxy groups -OCH3 is 1. The van der Waals surface area contributed by atoms with Crippen LogP contribution in [0.25, 0.3) is 22.7 Å². The second kappa shape index (κ2) is 10.3. The van der Waals surface area contributed by atoms with Gasteiger partial charge in [0.2, 0.25) is 0 Å². The van der Waals surface area contributed by atoms with Crippen molar-refractivity contribution < 1.29 is 14.3 Å². The molecule has 0 saturated carbocycles. The number of aryl methyl sites for hydroxylation is 2. The lowest BCUT2D eigenvalue weighted by molar-refractivity contribution is -0.118. The molecule has 35 heavy (non-hydrogen) atoms. The van der Waals surface area contributed by atoms with E-state index in [9.17, 15) is 10.1 Å². The molecule has 0 spiro atoms. The fourth-order valence-corrected chi connectivity index (χ4v) is 3.78.